The highest BCUT2D eigenvalue weighted by Gasteiger charge is 2.24. The van der Waals surface area contributed by atoms with E-state index < -0.39 is 6.16 Å². The monoisotopic (exact) mass is 521 g/mol. The first-order chi connectivity index (χ1) is 17.9. The van der Waals surface area contributed by atoms with Crippen LogP contribution in [0.4, 0.5) is 4.79 Å². The summed E-state index contributed by atoms with van der Waals surface area (Å²) in [5, 5.41) is 0. The van der Waals surface area contributed by atoms with Gasteiger partial charge in [0.1, 0.15) is 12.7 Å². The van der Waals surface area contributed by atoms with E-state index in [0.29, 0.717) is 12.5 Å². The number of piperidine rings is 1. The van der Waals surface area contributed by atoms with E-state index in [9.17, 15) is 9.59 Å². The smallest absolute Gasteiger partial charge is 0.465 e. The third-order valence-corrected chi connectivity index (χ3v) is 6.82. The van der Waals surface area contributed by atoms with Crippen LogP contribution in [0.15, 0.2) is 24.3 Å². The third kappa shape index (κ3) is 19.0. The first-order valence-corrected chi connectivity index (χ1v) is 14.9. The largest absolute Gasteiger partial charge is 0.508 e. The Morgan fingerprint density at radius 2 is 1.41 bits per heavy atom. The molecular weight excluding hydrogens is 466 g/mol. The zero-order chi connectivity index (χ0) is 27.1. The van der Waals surface area contributed by atoms with Crippen molar-refractivity contribution < 1.29 is 23.8 Å². The molecule has 6 heteroatoms. The second-order valence-corrected chi connectivity index (χ2v) is 10.8. The van der Waals surface area contributed by atoms with Crippen LogP contribution < -0.4 is 0 Å². The molecule has 1 heterocycles. The van der Waals surface area contributed by atoms with Crippen molar-refractivity contribution in [2.45, 2.75) is 130 Å². The lowest BCUT2D eigenvalue weighted by Crippen LogP contribution is -2.41. The standard InChI is InChI=1S/C31H55NO5/c1-5-6-7-8-9-10-11-12-13-14-15-16-17-18-19-20-30(33)35-25-28(4)26-36-31(34)37-29-21-23-32(24-22-29)27(2)3/h9-10,12-13,27-29H,5-8,11,14-26H2,1-4H3/b10-9-,13-12-. The number of rotatable bonds is 20. The minimum atomic E-state index is -0.619. The van der Waals surface area contributed by atoms with Gasteiger partial charge >= 0.3 is 12.1 Å². The van der Waals surface area contributed by atoms with Gasteiger partial charge in [-0.15, -0.1) is 0 Å². The van der Waals surface area contributed by atoms with Crippen molar-refractivity contribution in [2.24, 2.45) is 5.92 Å². The number of esters is 1. The lowest BCUT2D eigenvalue weighted by molar-refractivity contribution is -0.145. The Kier molecular flexibility index (Phi) is 19.9. The van der Waals surface area contributed by atoms with E-state index in [0.717, 1.165) is 58.0 Å². The second kappa shape index (κ2) is 22.2. The summed E-state index contributed by atoms with van der Waals surface area (Å²) in [6.07, 6.45) is 23.3. The van der Waals surface area contributed by atoms with Gasteiger partial charge in [0.2, 0.25) is 0 Å². The van der Waals surface area contributed by atoms with Crippen LogP contribution >= 0.6 is 0 Å². The number of nitrogens with zero attached hydrogens (tertiary/aromatic N) is 1. The second-order valence-electron chi connectivity index (χ2n) is 10.8. The molecule has 0 aliphatic carbocycles. The Bertz CT molecular complexity index is 638. The summed E-state index contributed by atoms with van der Waals surface area (Å²) in [6.45, 7) is 10.8. The van der Waals surface area contributed by atoms with Gasteiger partial charge in [0.15, 0.2) is 0 Å². The molecule has 1 aliphatic rings. The van der Waals surface area contributed by atoms with Crippen molar-refractivity contribution in [2.75, 3.05) is 26.3 Å². The molecule has 0 saturated carbocycles. The Hall–Kier alpha value is -1.82. The van der Waals surface area contributed by atoms with Crippen molar-refractivity contribution in [1.82, 2.24) is 4.90 Å². The number of carbonyl (C=O) groups is 2. The summed E-state index contributed by atoms with van der Waals surface area (Å²) in [5.41, 5.74) is 0. The highest BCUT2D eigenvalue weighted by Crippen LogP contribution is 2.16. The van der Waals surface area contributed by atoms with Crippen LogP contribution in [-0.4, -0.2) is 55.5 Å². The average Bonchev–Trinajstić information content (AvgIpc) is 2.88. The zero-order valence-electron chi connectivity index (χ0n) is 24.3. The van der Waals surface area contributed by atoms with Crippen LogP contribution in [-0.2, 0) is 19.0 Å². The Morgan fingerprint density at radius 3 is 2.05 bits per heavy atom. The maximum absolute atomic E-state index is 12.0. The molecule has 0 amide bonds. The summed E-state index contributed by atoms with van der Waals surface area (Å²) >= 11 is 0. The van der Waals surface area contributed by atoms with Crippen molar-refractivity contribution in [3.63, 3.8) is 0 Å². The van der Waals surface area contributed by atoms with Crippen molar-refractivity contribution in [3.8, 4) is 0 Å². The average molecular weight is 522 g/mol. The number of allylic oxidation sites excluding steroid dienone is 4. The van der Waals surface area contributed by atoms with Gasteiger partial charge in [-0.1, -0.05) is 70.3 Å². The fourth-order valence-corrected chi connectivity index (χ4v) is 4.33. The molecule has 0 aromatic heterocycles. The van der Waals surface area contributed by atoms with E-state index in [2.05, 4.69) is 50.0 Å². The number of ether oxygens (including phenoxy) is 3. The normalized spacial score (nSPS) is 16.0. The molecule has 1 saturated heterocycles. The van der Waals surface area contributed by atoms with Crippen LogP contribution in [0.3, 0.4) is 0 Å². The van der Waals surface area contributed by atoms with E-state index in [1.807, 2.05) is 6.92 Å². The molecular formula is C31H55NO5. The molecule has 0 aromatic rings. The van der Waals surface area contributed by atoms with Crippen molar-refractivity contribution in [3.05, 3.63) is 24.3 Å². The van der Waals surface area contributed by atoms with E-state index >= 15 is 0 Å². The molecule has 1 atom stereocenters. The summed E-state index contributed by atoms with van der Waals surface area (Å²) in [6, 6.07) is 0.520. The van der Waals surface area contributed by atoms with E-state index in [4.69, 9.17) is 14.2 Å². The lowest BCUT2D eigenvalue weighted by atomic mass is 10.1. The molecule has 0 aromatic carbocycles. The first-order valence-electron chi connectivity index (χ1n) is 14.9. The first kappa shape index (κ1) is 33.2. The zero-order valence-corrected chi connectivity index (χ0v) is 24.3. The van der Waals surface area contributed by atoms with Gasteiger partial charge in [-0.2, -0.15) is 0 Å². The Labute approximate surface area is 227 Å². The number of unbranched alkanes of at least 4 members (excludes halogenated alkanes) is 8. The minimum Gasteiger partial charge on any atom is -0.465 e. The Morgan fingerprint density at radius 1 is 0.811 bits per heavy atom. The van der Waals surface area contributed by atoms with Gasteiger partial charge in [0.05, 0.1) is 6.61 Å². The molecule has 37 heavy (non-hydrogen) atoms. The number of hydrogen-bond donors (Lipinski definition) is 0. The van der Waals surface area contributed by atoms with Gasteiger partial charge < -0.3 is 19.1 Å². The fraction of sp³-hybridized carbons (Fsp3) is 0.806. The van der Waals surface area contributed by atoms with Gasteiger partial charge in [-0.05, 0) is 65.2 Å². The predicted octanol–water partition coefficient (Wildman–Crippen LogP) is 8.01. The van der Waals surface area contributed by atoms with Crippen molar-refractivity contribution in [1.29, 1.82) is 0 Å². The molecule has 1 unspecified atom stereocenters. The summed E-state index contributed by atoms with van der Waals surface area (Å²) in [4.78, 5) is 26.3. The molecule has 0 bridgehead atoms. The minimum absolute atomic E-state index is 0.0520. The molecule has 0 N–H and O–H groups in total. The third-order valence-electron chi connectivity index (χ3n) is 6.82. The lowest BCUT2D eigenvalue weighted by Gasteiger charge is -2.33. The van der Waals surface area contributed by atoms with Gasteiger partial charge in [-0.3, -0.25) is 4.79 Å². The van der Waals surface area contributed by atoms with E-state index in [-0.39, 0.29) is 31.2 Å². The summed E-state index contributed by atoms with van der Waals surface area (Å²) < 4.78 is 16.0. The highest BCUT2D eigenvalue weighted by molar-refractivity contribution is 5.69. The number of carbonyl (C=O) groups excluding carboxylic acids is 2. The molecule has 6 nitrogen and oxygen atoms in total. The van der Waals surface area contributed by atoms with Crippen LogP contribution in [0.2, 0.25) is 0 Å². The Balaban J connectivity index is 1.93. The molecule has 0 radical (unpaired) electrons. The van der Waals surface area contributed by atoms with Crippen LogP contribution in [0, 0.1) is 5.92 Å². The molecule has 1 fully saturated rings. The maximum atomic E-state index is 12.0. The quantitative estimate of drug-likeness (QED) is 0.0918. The van der Waals surface area contributed by atoms with Crippen molar-refractivity contribution >= 4 is 12.1 Å². The van der Waals surface area contributed by atoms with E-state index in [1.54, 1.807) is 0 Å². The van der Waals surface area contributed by atoms with E-state index in [1.165, 1.54) is 38.5 Å². The topological polar surface area (TPSA) is 65.1 Å². The highest BCUT2D eigenvalue weighted by atomic mass is 16.7. The van der Waals surface area contributed by atoms with Crippen LogP contribution in [0.25, 0.3) is 0 Å². The SMILES string of the molecule is CCCCC/C=C\C/C=C\CCCCCCCC(=O)OCC(C)COC(=O)OC1CCN(C(C)C)CC1. The molecule has 1 aliphatic heterocycles. The number of hydrogen-bond acceptors (Lipinski definition) is 6. The summed E-state index contributed by atoms with van der Waals surface area (Å²) in [7, 11) is 0. The maximum Gasteiger partial charge on any atom is 0.508 e. The molecule has 1 rings (SSSR count). The van der Waals surface area contributed by atoms with Crippen LogP contribution in [0.5, 0.6) is 0 Å². The molecule has 0 spiro atoms. The number of likely N-dealkylation sites (tertiary alicyclic amines) is 1. The fourth-order valence-electron chi connectivity index (χ4n) is 4.33. The predicted molar refractivity (Wildman–Crippen MR) is 152 cm³/mol. The summed E-state index contributed by atoms with van der Waals surface area (Å²) in [5.74, 6) is -0.221. The molecule has 214 valence electrons. The van der Waals surface area contributed by atoms with Crippen LogP contribution in [0.1, 0.15) is 118 Å². The van der Waals surface area contributed by atoms with Gasteiger partial charge in [-0.25, -0.2) is 4.79 Å². The van der Waals surface area contributed by atoms with Gasteiger partial charge in [0, 0.05) is 31.5 Å². The van der Waals surface area contributed by atoms with Gasteiger partial charge in [0.25, 0.3) is 0 Å².